The molecule has 1 aromatic heterocycles. The molecule has 3 rings (SSSR count). The first-order valence-electron chi connectivity index (χ1n) is 8.28. The number of nitrogens with one attached hydrogen (secondary N) is 1. The third-order valence-corrected chi connectivity index (χ3v) is 6.17. The lowest BCUT2D eigenvalue weighted by molar-refractivity contribution is 0.317. The molecule has 0 fully saturated rings. The molecule has 0 aromatic carbocycles. The Bertz CT molecular complexity index is 670. The standard InChI is InChI=1S/C20H27NS/c1-13(2)18-16-11-20(3,4)10-9-17(16)22-19(18)15-8-6-7-14(15)12-21-5/h7-8,21H,1,6,9-12H2,2-5H3. The Hall–Kier alpha value is -1.12. The molecule has 0 amide bonds. The van der Waals surface area contributed by atoms with E-state index in [9.17, 15) is 0 Å². The zero-order valence-electron chi connectivity index (χ0n) is 14.3. The monoisotopic (exact) mass is 313 g/mol. The molecule has 0 atom stereocenters. The van der Waals surface area contributed by atoms with Crippen LogP contribution in [0.5, 0.6) is 0 Å². The maximum absolute atomic E-state index is 4.30. The molecule has 0 radical (unpaired) electrons. The van der Waals surface area contributed by atoms with Crippen molar-refractivity contribution in [3.63, 3.8) is 0 Å². The summed E-state index contributed by atoms with van der Waals surface area (Å²) < 4.78 is 0. The molecule has 2 aliphatic carbocycles. The van der Waals surface area contributed by atoms with Gasteiger partial charge in [-0.25, -0.2) is 0 Å². The van der Waals surface area contributed by atoms with Gasteiger partial charge in [-0.15, -0.1) is 11.3 Å². The van der Waals surface area contributed by atoms with E-state index in [4.69, 9.17) is 0 Å². The van der Waals surface area contributed by atoms with Crippen molar-refractivity contribution in [2.24, 2.45) is 5.41 Å². The minimum absolute atomic E-state index is 0.420. The van der Waals surface area contributed by atoms with E-state index < -0.39 is 0 Å². The topological polar surface area (TPSA) is 12.0 Å². The Labute approximate surface area is 138 Å². The third kappa shape index (κ3) is 2.75. The van der Waals surface area contributed by atoms with Gasteiger partial charge in [0.05, 0.1) is 0 Å². The fourth-order valence-electron chi connectivity index (χ4n) is 3.72. The van der Waals surface area contributed by atoms with Gasteiger partial charge in [0.25, 0.3) is 0 Å². The van der Waals surface area contributed by atoms with Crippen LogP contribution in [0.25, 0.3) is 11.1 Å². The molecular weight excluding hydrogens is 286 g/mol. The molecule has 0 unspecified atom stereocenters. The van der Waals surface area contributed by atoms with Crippen LogP contribution in [0, 0.1) is 5.41 Å². The number of hydrogen-bond donors (Lipinski definition) is 1. The quantitative estimate of drug-likeness (QED) is 0.802. The molecule has 0 spiro atoms. The van der Waals surface area contributed by atoms with Crippen molar-refractivity contribution in [2.75, 3.05) is 13.6 Å². The SMILES string of the molecule is C=C(C)c1c(C2=CCC=C2CNC)sc2c1CC(C)(C)CC2. The summed E-state index contributed by atoms with van der Waals surface area (Å²) in [7, 11) is 2.03. The molecule has 0 aliphatic heterocycles. The Morgan fingerprint density at radius 3 is 2.82 bits per heavy atom. The van der Waals surface area contributed by atoms with E-state index in [0.717, 1.165) is 13.0 Å². The Morgan fingerprint density at radius 2 is 2.14 bits per heavy atom. The second kappa shape index (κ2) is 5.82. The lowest BCUT2D eigenvalue weighted by Crippen LogP contribution is -2.21. The van der Waals surface area contributed by atoms with Gasteiger partial charge in [-0.3, -0.25) is 0 Å². The van der Waals surface area contributed by atoms with Crippen molar-refractivity contribution in [2.45, 2.75) is 46.5 Å². The van der Waals surface area contributed by atoms with Crippen molar-refractivity contribution in [3.05, 3.63) is 45.2 Å². The van der Waals surface area contributed by atoms with E-state index in [0.29, 0.717) is 5.41 Å². The fraction of sp³-hybridized carbons (Fsp3) is 0.500. The Balaban J connectivity index is 2.09. The maximum Gasteiger partial charge on any atom is 0.0423 e. The van der Waals surface area contributed by atoms with Crippen LogP contribution in [0.1, 0.15) is 54.5 Å². The molecular formula is C20H27NS. The zero-order valence-corrected chi connectivity index (χ0v) is 15.1. The van der Waals surface area contributed by atoms with Crippen molar-refractivity contribution >= 4 is 22.5 Å². The van der Waals surface area contributed by atoms with E-state index >= 15 is 0 Å². The summed E-state index contributed by atoms with van der Waals surface area (Å²) in [5.41, 5.74) is 7.57. The van der Waals surface area contributed by atoms with E-state index in [2.05, 4.69) is 44.8 Å². The summed E-state index contributed by atoms with van der Waals surface area (Å²) in [5.74, 6) is 0. The van der Waals surface area contributed by atoms with Gasteiger partial charge >= 0.3 is 0 Å². The zero-order chi connectivity index (χ0) is 15.9. The van der Waals surface area contributed by atoms with Crippen LogP contribution >= 0.6 is 11.3 Å². The highest BCUT2D eigenvalue weighted by Crippen LogP contribution is 2.47. The number of rotatable bonds is 4. The molecule has 22 heavy (non-hydrogen) atoms. The largest absolute Gasteiger partial charge is 0.316 e. The smallest absolute Gasteiger partial charge is 0.0423 e. The van der Waals surface area contributed by atoms with Crippen molar-refractivity contribution < 1.29 is 0 Å². The summed E-state index contributed by atoms with van der Waals surface area (Å²) in [6.45, 7) is 12.2. The minimum atomic E-state index is 0.420. The van der Waals surface area contributed by atoms with Crippen LogP contribution < -0.4 is 5.32 Å². The van der Waals surface area contributed by atoms with Gasteiger partial charge in [-0.2, -0.15) is 0 Å². The van der Waals surface area contributed by atoms with Gasteiger partial charge in [0, 0.05) is 16.3 Å². The molecule has 0 saturated carbocycles. The highest BCUT2D eigenvalue weighted by atomic mass is 32.1. The number of hydrogen-bond acceptors (Lipinski definition) is 2. The molecule has 1 heterocycles. The average Bonchev–Trinajstić information content (AvgIpc) is 3.01. The summed E-state index contributed by atoms with van der Waals surface area (Å²) in [4.78, 5) is 3.07. The maximum atomic E-state index is 4.30. The molecule has 2 heteroatoms. The van der Waals surface area contributed by atoms with Crippen LogP contribution in [-0.4, -0.2) is 13.6 Å². The number of allylic oxidation sites excluding steroid dienone is 3. The highest BCUT2D eigenvalue weighted by Gasteiger charge is 2.31. The first kappa shape index (κ1) is 15.8. The van der Waals surface area contributed by atoms with Crippen LogP contribution in [0.15, 0.2) is 24.3 Å². The van der Waals surface area contributed by atoms with Crippen molar-refractivity contribution in [1.82, 2.24) is 5.32 Å². The minimum Gasteiger partial charge on any atom is -0.316 e. The molecule has 118 valence electrons. The summed E-state index contributed by atoms with van der Waals surface area (Å²) in [5, 5.41) is 3.31. The number of thiophene rings is 1. The van der Waals surface area contributed by atoms with Crippen LogP contribution in [0.4, 0.5) is 0 Å². The number of fused-ring (bicyclic) bond motifs is 1. The first-order valence-corrected chi connectivity index (χ1v) is 9.09. The van der Waals surface area contributed by atoms with E-state index in [1.807, 2.05) is 18.4 Å². The lowest BCUT2D eigenvalue weighted by atomic mass is 9.75. The van der Waals surface area contributed by atoms with Gasteiger partial charge in [0.2, 0.25) is 0 Å². The molecule has 0 bridgehead atoms. The van der Waals surface area contributed by atoms with Crippen molar-refractivity contribution in [1.29, 1.82) is 0 Å². The van der Waals surface area contributed by atoms with E-state index in [1.165, 1.54) is 46.4 Å². The van der Waals surface area contributed by atoms with Crippen LogP contribution in [0.3, 0.4) is 0 Å². The lowest BCUT2D eigenvalue weighted by Gasteiger charge is -2.30. The van der Waals surface area contributed by atoms with Gasteiger partial charge < -0.3 is 5.32 Å². The highest BCUT2D eigenvalue weighted by molar-refractivity contribution is 7.13. The predicted molar refractivity (Wildman–Crippen MR) is 99.4 cm³/mol. The molecule has 1 aromatic rings. The number of likely N-dealkylation sites (N-methyl/N-ethyl adjacent to an activating group) is 1. The van der Waals surface area contributed by atoms with E-state index in [1.54, 1.807) is 10.4 Å². The molecule has 1 nitrogen and oxygen atoms in total. The second-order valence-electron chi connectivity index (χ2n) is 7.44. The molecule has 0 saturated heterocycles. The Morgan fingerprint density at radius 1 is 1.36 bits per heavy atom. The average molecular weight is 314 g/mol. The second-order valence-corrected chi connectivity index (χ2v) is 8.55. The molecule has 2 aliphatic rings. The van der Waals surface area contributed by atoms with Crippen LogP contribution in [-0.2, 0) is 12.8 Å². The first-order chi connectivity index (χ1) is 10.4. The van der Waals surface area contributed by atoms with Crippen LogP contribution in [0.2, 0.25) is 0 Å². The van der Waals surface area contributed by atoms with Gasteiger partial charge in [0.1, 0.15) is 0 Å². The summed E-state index contributed by atoms with van der Waals surface area (Å²) in [6.07, 6.45) is 9.53. The van der Waals surface area contributed by atoms with E-state index in [-0.39, 0.29) is 0 Å². The predicted octanol–water partition coefficient (Wildman–Crippen LogP) is 5.23. The van der Waals surface area contributed by atoms with Crippen molar-refractivity contribution in [3.8, 4) is 0 Å². The van der Waals surface area contributed by atoms with Gasteiger partial charge in [-0.1, -0.05) is 32.6 Å². The molecule has 1 N–H and O–H groups in total. The third-order valence-electron chi connectivity index (χ3n) is 4.85. The number of aryl methyl sites for hydroxylation is 1. The fourth-order valence-corrected chi connectivity index (χ4v) is 5.19. The van der Waals surface area contributed by atoms with Gasteiger partial charge in [0.15, 0.2) is 0 Å². The summed E-state index contributed by atoms with van der Waals surface area (Å²) >= 11 is 2.02. The summed E-state index contributed by atoms with van der Waals surface area (Å²) in [6, 6.07) is 0. The van der Waals surface area contributed by atoms with Gasteiger partial charge in [-0.05, 0) is 72.9 Å². The normalized spacial score (nSPS) is 19.6. The Kier molecular flexibility index (Phi) is 4.17.